The van der Waals surface area contributed by atoms with Crippen LogP contribution >= 0.6 is 0 Å². The molecule has 0 aliphatic carbocycles. The summed E-state index contributed by atoms with van der Waals surface area (Å²) in [5, 5.41) is 18.4. The van der Waals surface area contributed by atoms with Gasteiger partial charge in [-0.25, -0.2) is 4.73 Å². The summed E-state index contributed by atoms with van der Waals surface area (Å²) in [6.45, 7) is 0. The van der Waals surface area contributed by atoms with Gasteiger partial charge in [-0.2, -0.15) is 0 Å². The fourth-order valence-electron chi connectivity index (χ4n) is 0.712. The van der Waals surface area contributed by atoms with E-state index in [9.17, 15) is 5.21 Å². The summed E-state index contributed by atoms with van der Waals surface area (Å²) in [6, 6.07) is 12.0. The highest BCUT2D eigenvalue weighted by Crippen LogP contribution is 1.79. The van der Waals surface area contributed by atoms with Crippen molar-refractivity contribution in [2.24, 2.45) is 0 Å². The molecule has 4 nitrogen and oxygen atoms in total. The standard InChI is InChI=1S/C6H6.C3H4N2O2/c1-2-4-6-5-3-1;6-4-1-2-5(7)3-4/h1-6H;1-3,6H. The average Bonchev–Trinajstić information content (AvgIpc) is 2.54. The molecule has 2 rings (SSSR count). The third-order valence-electron chi connectivity index (χ3n) is 1.27. The zero-order valence-electron chi connectivity index (χ0n) is 6.95. The predicted octanol–water partition coefficient (Wildman–Crippen LogP) is 1.05. The molecule has 13 heavy (non-hydrogen) atoms. The van der Waals surface area contributed by atoms with Gasteiger partial charge in [-0.1, -0.05) is 41.1 Å². The van der Waals surface area contributed by atoms with Gasteiger partial charge < -0.3 is 10.4 Å². The minimum atomic E-state index is 0.500. The lowest BCUT2D eigenvalue weighted by atomic mass is 10.4. The molecule has 4 heteroatoms. The number of nitrogens with zero attached hydrogens (tertiary/aromatic N) is 2. The van der Waals surface area contributed by atoms with Crippen molar-refractivity contribution < 1.29 is 9.94 Å². The number of aromatic nitrogens is 2. The largest absolute Gasteiger partial charge is 0.711 e. The van der Waals surface area contributed by atoms with Crippen molar-refractivity contribution in [3.8, 4) is 0 Å². The van der Waals surface area contributed by atoms with Gasteiger partial charge in [0.05, 0.1) is 0 Å². The summed E-state index contributed by atoms with van der Waals surface area (Å²) in [7, 11) is 0. The smallest absolute Gasteiger partial charge is 0.287 e. The highest BCUT2D eigenvalue weighted by atomic mass is 16.5. The summed E-state index contributed by atoms with van der Waals surface area (Å²) < 4.78 is 1.19. The molecule has 0 bridgehead atoms. The molecule has 0 radical (unpaired) electrons. The maximum atomic E-state index is 10.0. The normalized spacial score (nSPS) is 8.62. The molecule has 0 amide bonds. The monoisotopic (exact) mass is 178 g/mol. The van der Waals surface area contributed by atoms with Gasteiger partial charge in [0, 0.05) is 0 Å². The predicted molar refractivity (Wildman–Crippen MR) is 47.0 cm³/mol. The lowest BCUT2D eigenvalue weighted by Gasteiger charge is -1.86. The third kappa shape index (κ3) is 3.81. The molecule has 0 fully saturated rings. The Morgan fingerprint density at radius 1 is 1.00 bits per heavy atom. The highest BCUT2D eigenvalue weighted by molar-refractivity contribution is 4.99. The Bertz CT molecular complexity index is 289. The molecular weight excluding hydrogens is 168 g/mol. The lowest BCUT2D eigenvalue weighted by molar-refractivity contribution is -0.606. The highest BCUT2D eigenvalue weighted by Gasteiger charge is 1.87. The molecule has 0 atom stereocenters. The minimum absolute atomic E-state index is 0.500. The van der Waals surface area contributed by atoms with Gasteiger partial charge in [0.2, 0.25) is 0 Å². The van der Waals surface area contributed by atoms with Crippen molar-refractivity contribution in [2.75, 3.05) is 0 Å². The molecule has 0 unspecified atom stereocenters. The second kappa shape index (κ2) is 4.82. The van der Waals surface area contributed by atoms with E-state index < -0.39 is 0 Å². The van der Waals surface area contributed by atoms with Gasteiger partial charge in [0.15, 0.2) is 6.20 Å². The molecule has 0 saturated carbocycles. The Morgan fingerprint density at radius 3 is 1.62 bits per heavy atom. The molecule has 1 aromatic carbocycles. The van der Waals surface area contributed by atoms with Crippen molar-refractivity contribution in [1.82, 2.24) is 4.73 Å². The fourth-order valence-corrected chi connectivity index (χ4v) is 0.712. The summed E-state index contributed by atoms with van der Waals surface area (Å²) in [5.74, 6) is 0. The second-order valence-electron chi connectivity index (χ2n) is 2.31. The van der Waals surface area contributed by atoms with Gasteiger partial charge in [-0.15, -0.1) is 0 Å². The SMILES string of the molecule is [O-][n+]1ccn(O)c1.c1ccccc1. The Kier molecular flexibility index (Phi) is 3.38. The topological polar surface area (TPSA) is 52.1 Å². The third-order valence-corrected chi connectivity index (χ3v) is 1.27. The summed E-state index contributed by atoms with van der Waals surface area (Å²) in [5.41, 5.74) is 0. The Morgan fingerprint density at radius 2 is 1.46 bits per heavy atom. The van der Waals surface area contributed by atoms with E-state index in [1.54, 1.807) is 0 Å². The number of hydrogen-bond donors (Lipinski definition) is 1. The van der Waals surface area contributed by atoms with E-state index in [2.05, 4.69) is 0 Å². The van der Waals surface area contributed by atoms with Crippen LogP contribution < -0.4 is 4.73 Å². The van der Waals surface area contributed by atoms with Gasteiger partial charge >= 0.3 is 0 Å². The molecule has 1 heterocycles. The van der Waals surface area contributed by atoms with Crippen molar-refractivity contribution in [3.05, 3.63) is 60.3 Å². The first-order valence-corrected chi connectivity index (χ1v) is 3.75. The molecule has 0 aliphatic rings. The van der Waals surface area contributed by atoms with E-state index in [-0.39, 0.29) is 0 Å². The van der Waals surface area contributed by atoms with Crippen molar-refractivity contribution >= 4 is 0 Å². The van der Waals surface area contributed by atoms with Crippen LogP contribution in [0.1, 0.15) is 0 Å². The van der Waals surface area contributed by atoms with Crippen molar-refractivity contribution in [3.63, 3.8) is 0 Å². The maximum Gasteiger partial charge on any atom is 0.287 e. The van der Waals surface area contributed by atoms with Crippen molar-refractivity contribution in [1.29, 1.82) is 0 Å². The van der Waals surface area contributed by atoms with Crippen LogP contribution in [0.4, 0.5) is 0 Å². The number of benzene rings is 1. The molecule has 0 saturated heterocycles. The lowest BCUT2D eigenvalue weighted by Crippen LogP contribution is -2.21. The number of hydrogen-bond acceptors (Lipinski definition) is 2. The first kappa shape index (κ1) is 9.12. The summed E-state index contributed by atoms with van der Waals surface area (Å²) in [6.07, 6.45) is 3.44. The quantitative estimate of drug-likeness (QED) is 0.372. The molecular formula is C9H10N2O2. The Labute approximate surface area is 75.8 Å². The molecule has 1 aromatic heterocycles. The molecule has 0 spiro atoms. The Hall–Kier alpha value is -1.97. The summed E-state index contributed by atoms with van der Waals surface area (Å²) in [4.78, 5) is 0. The van der Waals surface area contributed by atoms with Gasteiger partial charge in [-0.3, -0.25) is 0 Å². The van der Waals surface area contributed by atoms with Gasteiger partial charge in [0.1, 0.15) is 6.20 Å². The van der Waals surface area contributed by atoms with Crippen LogP contribution in [0.3, 0.4) is 0 Å². The summed E-state index contributed by atoms with van der Waals surface area (Å²) >= 11 is 0. The van der Waals surface area contributed by atoms with Gasteiger partial charge in [0.25, 0.3) is 6.33 Å². The maximum absolute atomic E-state index is 10.0. The Balaban J connectivity index is 0.000000132. The van der Waals surface area contributed by atoms with E-state index in [0.717, 1.165) is 6.33 Å². The molecule has 68 valence electrons. The van der Waals surface area contributed by atoms with E-state index >= 15 is 0 Å². The van der Waals surface area contributed by atoms with Crippen LogP contribution in [-0.4, -0.2) is 9.94 Å². The van der Waals surface area contributed by atoms with Crippen LogP contribution in [-0.2, 0) is 0 Å². The van der Waals surface area contributed by atoms with Crippen LogP contribution in [0.25, 0.3) is 0 Å². The number of imidazole rings is 1. The van der Waals surface area contributed by atoms with Gasteiger partial charge in [-0.05, 0) is 0 Å². The first-order chi connectivity index (χ1) is 6.29. The van der Waals surface area contributed by atoms with E-state index in [4.69, 9.17) is 5.21 Å². The zero-order chi connectivity index (χ0) is 9.52. The van der Waals surface area contributed by atoms with Crippen LogP contribution in [0.15, 0.2) is 55.1 Å². The minimum Gasteiger partial charge on any atom is -0.711 e. The van der Waals surface area contributed by atoms with E-state index in [1.165, 1.54) is 12.4 Å². The molecule has 0 aliphatic heterocycles. The average molecular weight is 178 g/mol. The van der Waals surface area contributed by atoms with Crippen LogP contribution in [0.2, 0.25) is 0 Å². The van der Waals surface area contributed by atoms with Crippen LogP contribution in [0, 0.1) is 5.21 Å². The molecule has 2 aromatic rings. The zero-order valence-corrected chi connectivity index (χ0v) is 6.95. The fraction of sp³-hybridized carbons (Fsp3) is 0. The first-order valence-electron chi connectivity index (χ1n) is 3.75. The van der Waals surface area contributed by atoms with Crippen LogP contribution in [0.5, 0.6) is 0 Å². The second-order valence-corrected chi connectivity index (χ2v) is 2.31. The molecule has 1 N–H and O–H groups in total. The van der Waals surface area contributed by atoms with E-state index in [0.29, 0.717) is 9.46 Å². The van der Waals surface area contributed by atoms with Crippen molar-refractivity contribution in [2.45, 2.75) is 0 Å². The van der Waals surface area contributed by atoms with E-state index in [1.807, 2.05) is 36.4 Å². The number of rotatable bonds is 0.